The van der Waals surface area contributed by atoms with Gasteiger partial charge in [-0.3, -0.25) is 4.79 Å². The van der Waals surface area contributed by atoms with E-state index in [2.05, 4.69) is 5.32 Å². The van der Waals surface area contributed by atoms with E-state index in [1.807, 2.05) is 13.8 Å². The maximum Gasteiger partial charge on any atom is 0.227 e. The summed E-state index contributed by atoms with van der Waals surface area (Å²) in [5.41, 5.74) is 0.716. The first-order valence-corrected chi connectivity index (χ1v) is 5.65. The normalized spacial score (nSPS) is 11.8. The molecule has 0 aliphatic rings. The number of hydrogen-bond acceptors (Lipinski definition) is 3. The summed E-state index contributed by atoms with van der Waals surface area (Å²) >= 11 is 0. The monoisotopic (exact) mass is 237 g/mol. The second-order valence-electron chi connectivity index (χ2n) is 3.87. The third kappa shape index (κ3) is 3.37. The van der Waals surface area contributed by atoms with Crippen LogP contribution in [0.1, 0.15) is 20.3 Å². The molecule has 17 heavy (non-hydrogen) atoms. The van der Waals surface area contributed by atoms with Crippen LogP contribution in [0.3, 0.4) is 0 Å². The standard InChI is InChI=1S/C13H19NO3/c1-5-9(2)13(15)14-10-6-7-11(16-3)12(8-10)17-4/h6-9H,5H2,1-4H3,(H,14,15)/t9-/m0/s1. The molecule has 0 heterocycles. The molecule has 1 atom stereocenters. The Morgan fingerprint density at radius 2 is 1.94 bits per heavy atom. The van der Waals surface area contributed by atoms with E-state index in [0.29, 0.717) is 17.2 Å². The molecule has 4 heteroatoms. The summed E-state index contributed by atoms with van der Waals surface area (Å²) in [6.07, 6.45) is 0.819. The van der Waals surface area contributed by atoms with Crippen molar-refractivity contribution in [1.29, 1.82) is 0 Å². The van der Waals surface area contributed by atoms with Gasteiger partial charge in [-0.15, -0.1) is 0 Å². The smallest absolute Gasteiger partial charge is 0.227 e. The number of carbonyl (C=O) groups is 1. The molecular weight excluding hydrogens is 218 g/mol. The number of ether oxygens (including phenoxy) is 2. The fourth-order valence-corrected chi connectivity index (χ4v) is 1.36. The lowest BCUT2D eigenvalue weighted by molar-refractivity contribution is -0.119. The number of methoxy groups -OCH3 is 2. The third-order valence-corrected chi connectivity index (χ3v) is 2.71. The molecule has 0 aliphatic carbocycles. The van der Waals surface area contributed by atoms with Crippen LogP contribution in [0.5, 0.6) is 11.5 Å². The largest absolute Gasteiger partial charge is 0.493 e. The van der Waals surface area contributed by atoms with Gasteiger partial charge < -0.3 is 14.8 Å². The van der Waals surface area contributed by atoms with Gasteiger partial charge in [-0.2, -0.15) is 0 Å². The van der Waals surface area contributed by atoms with Crippen molar-refractivity contribution >= 4 is 11.6 Å². The molecule has 94 valence electrons. The van der Waals surface area contributed by atoms with Gasteiger partial charge in [-0.1, -0.05) is 13.8 Å². The van der Waals surface area contributed by atoms with E-state index in [0.717, 1.165) is 6.42 Å². The zero-order valence-electron chi connectivity index (χ0n) is 10.7. The quantitative estimate of drug-likeness (QED) is 0.856. The average Bonchev–Trinajstić information content (AvgIpc) is 2.37. The van der Waals surface area contributed by atoms with Crippen molar-refractivity contribution < 1.29 is 14.3 Å². The Bertz CT molecular complexity index is 390. The molecule has 0 bridgehead atoms. The summed E-state index contributed by atoms with van der Waals surface area (Å²) in [4.78, 5) is 11.7. The summed E-state index contributed by atoms with van der Waals surface area (Å²) in [5, 5.41) is 2.84. The summed E-state index contributed by atoms with van der Waals surface area (Å²) in [7, 11) is 3.15. The van der Waals surface area contributed by atoms with Gasteiger partial charge >= 0.3 is 0 Å². The Morgan fingerprint density at radius 1 is 1.29 bits per heavy atom. The Hall–Kier alpha value is -1.71. The van der Waals surface area contributed by atoms with Crippen LogP contribution in [-0.2, 0) is 4.79 Å². The summed E-state index contributed by atoms with van der Waals surface area (Å²) in [6.45, 7) is 3.88. The molecule has 4 nitrogen and oxygen atoms in total. The Labute approximate surface area is 102 Å². The molecule has 1 rings (SSSR count). The molecule has 0 aromatic heterocycles. The van der Waals surface area contributed by atoms with Gasteiger partial charge in [0.15, 0.2) is 11.5 Å². The Morgan fingerprint density at radius 3 is 2.47 bits per heavy atom. The van der Waals surface area contributed by atoms with Crippen LogP contribution in [0.2, 0.25) is 0 Å². The van der Waals surface area contributed by atoms with Gasteiger partial charge in [-0.05, 0) is 18.6 Å². The van der Waals surface area contributed by atoms with Crippen molar-refractivity contribution in [2.75, 3.05) is 19.5 Å². The predicted octanol–water partition coefficient (Wildman–Crippen LogP) is 2.69. The minimum absolute atomic E-state index is 0.00287. The van der Waals surface area contributed by atoms with E-state index < -0.39 is 0 Å². The number of nitrogens with one attached hydrogen (secondary N) is 1. The molecule has 0 fully saturated rings. The molecule has 0 aliphatic heterocycles. The molecule has 0 radical (unpaired) electrons. The SMILES string of the molecule is CC[C@H](C)C(=O)Nc1ccc(OC)c(OC)c1. The first kappa shape index (κ1) is 13.4. The lowest BCUT2D eigenvalue weighted by Crippen LogP contribution is -2.19. The molecule has 1 amide bonds. The van der Waals surface area contributed by atoms with Crippen molar-refractivity contribution in [2.24, 2.45) is 5.92 Å². The molecule has 1 aromatic carbocycles. The Balaban J connectivity index is 2.82. The maximum atomic E-state index is 11.7. The number of rotatable bonds is 5. The lowest BCUT2D eigenvalue weighted by Gasteiger charge is -2.12. The van der Waals surface area contributed by atoms with Crippen LogP contribution in [-0.4, -0.2) is 20.1 Å². The van der Waals surface area contributed by atoms with E-state index in [9.17, 15) is 4.79 Å². The molecule has 0 spiro atoms. The minimum atomic E-state index is 0.00287. The number of amides is 1. The summed E-state index contributed by atoms with van der Waals surface area (Å²) < 4.78 is 10.3. The van der Waals surface area contributed by atoms with E-state index in [-0.39, 0.29) is 11.8 Å². The highest BCUT2D eigenvalue weighted by atomic mass is 16.5. The molecule has 0 saturated heterocycles. The van der Waals surface area contributed by atoms with Crippen molar-refractivity contribution in [3.63, 3.8) is 0 Å². The number of anilines is 1. The van der Waals surface area contributed by atoms with Gasteiger partial charge in [0.25, 0.3) is 0 Å². The van der Waals surface area contributed by atoms with Crippen LogP contribution in [0.25, 0.3) is 0 Å². The number of carbonyl (C=O) groups excluding carboxylic acids is 1. The van der Waals surface area contributed by atoms with Crippen molar-refractivity contribution in [2.45, 2.75) is 20.3 Å². The fourth-order valence-electron chi connectivity index (χ4n) is 1.36. The Kier molecular flexibility index (Phi) is 4.82. The minimum Gasteiger partial charge on any atom is -0.493 e. The van der Waals surface area contributed by atoms with Gasteiger partial charge in [0.1, 0.15) is 0 Å². The average molecular weight is 237 g/mol. The van der Waals surface area contributed by atoms with Crippen LogP contribution < -0.4 is 14.8 Å². The molecular formula is C13H19NO3. The maximum absolute atomic E-state index is 11.7. The van der Waals surface area contributed by atoms with E-state index >= 15 is 0 Å². The van der Waals surface area contributed by atoms with Crippen LogP contribution >= 0.6 is 0 Å². The van der Waals surface area contributed by atoms with Crippen molar-refractivity contribution in [3.8, 4) is 11.5 Å². The van der Waals surface area contributed by atoms with Crippen LogP contribution in [0.4, 0.5) is 5.69 Å². The zero-order valence-corrected chi connectivity index (χ0v) is 10.7. The summed E-state index contributed by atoms with van der Waals surface area (Å²) in [5.74, 6) is 1.27. The molecule has 1 aromatic rings. The molecule has 0 saturated carbocycles. The topological polar surface area (TPSA) is 47.6 Å². The zero-order chi connectivity index (χ0) is 12.8. The highest BCUT2D eigenvalue weighted by Crippen LogP contribution is 2.29. The van der Waals surface area contributed by atoms with Crippen molar-refractivity contribution in [3.05, 3.63) is 18.2 Å². The summed E-state index contributed by atoms with van der Waals surface area (Å²) in [6, 6.07) is 5.31. The lowest BCUT2D eigenvalue weighted by atomic mass is 10.1. The highest BCUT2D eigenvalue weighted by molar-refractivity contribution is 5.92. The van der Waals surface area contributed by atoms with E-state index in [1.165, 1.54) is 0 Å². The third-order valence-electron chi connectivity index (χ3n) is 2.71. The number of hydrogen-bond donors (Lipinski definition) is 1. The van der Waals surface area contributed by atoms with Gasteiger partial charge in [0.2, 0.25) is 5.91 Å². The van der Waals surface area contributed by atoms with Crippen LogP contribution in [0, 0.1) is 5.92 Å². The van der Waals surface area contributed by atoms with E-state index in [1.54, 1.807) is 32.4 Å². The first-order valence-electron chi connectivity index (χ1n) is 5.65. The molecule has 0 unspecified atom stereocenters. The highest BCUT2D eigenvalue weighted by Gasteiger charge is 2.12. The van der Waals surface area contributed by atoms with Crippen molar-refractivity contribution in [1.82, 2.24) is 0 Å². The molecule has 1 N–H and O–H groups in total. The second kappa shape index (κ2) is 6.13. The number of benzene rings is 1. The second-order valence-corrected chi connectivity index (χ2v) is 3.87. The predicted molar refractivity (Wildman–Crippen MR) is 67.6 cm³/mol. The van der Waals surface area contributed by atoms with Gasteiger partial charge in [0.05, 0.1) is 14.2 Å². The van der Waals surface area contributed by atoms with E-state index in [4.69, 9.17) is 9.47 Å². The van der Waals surface area contributed by atoms with Gasteiger partial charge in [0, 0.05) is 17.7 Å². The fraction of sp³-hybridized carbons (Fsp3) is 0.462. The van der Waals surface area contributed by atoms with Gasteiger partial charge in [-0.25, -0.2) is 0 Å². The first-order chi connectivity index (χ1) is 8.12. The van der Waals surface area contributed by atoms with Crippen LogP contribution in [0.15, 0.2) is 18.2 Å².